The van der Waals surface area contributed by atoms with Gasteiger partial charge in [0.25, 0.3) is 5.69 Å². The molecule has 8 heteroatoms. The van der Waals surface area contributed by atoms with Gasteiger partial charge in [0.15, 0.2) is 0 Å². The highest BCUT2D eigenvalue weighted by molar-refractivity contribution is 5.84. The van der Waals surface area contributed by atoms with Gasteiger partial charge in [-0.2, -0.15) is 5.10 Å². The molecule has 1 aromatic carbocycles. The first-order chi connectivity index (χ1) is 9.95. The van der Waals surface area contributed by atoms with Crippen molar-refractivity contribution >= 4 is 17.9 Å². The largest absolute Gasteiger partial charge is 0.507 e. The van der Waals surface area contributed by atoms with Crippen LogP contribution < -0.4 is 5.43 Å². The molecule has 0 atom stereocenters. The van der Waals surface area contributed by atoms with E-state index < -0.39 is 4.92 Å². The van der Waals surface area contributed by atoms with Crippen LogP contribution in [0, 0.1) is 24.0 Å². The number of aromatic nitrogens is 2. The Morgan fingerprint density at radius 2 is 1.95 bits per heavy atom. The fourth-order valence-electron chi connectivity index (χ4n) is 1.69. The maximum Gasteiger partial charge on any atom is 0.273 e. The van der Waals surface area contributed by atoms with Crippen LogP contribution in [0.2, 0.25) is 0 Å². The summed E-state index contributed by atoms with van der Waals surface area (Å²) in [5.41, 5.74) is 4.41. The van der Waals surface area contributed by atoms with Crippen LogP contribution >= 0.6 is 0 Å². The summed E-state index contributed by atoms with van der Waals surface area (Å²) >= 11 is 0. The Hall–Kier alpha value is -3.03. The summed E-state index contributed by atoms with van der Waals surface area (Å²) in [5.74, 6) is 0.112. The van der Waals surface area contributed by atoms with E-state index in [0.717, 1.165) is 17.5 Å². The molecule has 108 valence electrons. The summed E-state index contributed by atoms with van der Waals surface area (Å²) < 4.78 is 0. The van der Waals surface area contributed by atoms with E-state index >= 15 is 0 Å². The zero-order valence-electron chi connectivity index (χ0n) is 11.4. The van der Waals surface area contributed by atoms with E-state index in [1.165, 1.54) is 18.3 Å². The summed E-state index contributed by atoms with van der Waals surface area (Å²) in [6.45, 7) is 3.68. The van der Waals surface area contributed by atoms with Crippen molar-refractivity contribution in [3.8, 4) is 5.75 Å². The molecule has 0 spiro atoms. The lowest BCUT2D eigenvalue weighted by molar-refractivity contribution is -0.384. The minimum absolute atomic E-state index is 0.185. The number of aryl methyl sites for hydroxylation is 2. The SMILES string of the molecule is Cc1cc(C)nc(NN=Cc2ccc([N+](=O)[O-])cc2O)n1. The van der Waals surface area contributed by atoms with Crippen molar-refractivity contribution in [1.29, 1.82) is 0 Å². The summed E-state index contributed by atoms with van der Waals surface area (Å²) in [4.78, 5) is 18.3. The van der Waals surface area contributed by atoms with Crippen LogP contribution in [-0.4, -0.2) is 26.2 Å². The zero-order chi connectivity index (χ0) is 15.4. The number of benzene rings is 1. The number of nitrogens with zero attached hydrogens (tertiary/aromatic N) is 4. The van der Waals surface area contributed by atoms with Gasteiger partial charge in [0, 0.05) is 23.0 Å². The molecule has 0 aliphatic carbocycles. The fraction of sp³-hybridized carbons (Fsp3) is 0.154. The first-order valence-corrected chi connectivity index (χ1v) is 6.04. The van der Waals surface area contributed by atoms with E-state index in [2.05, 4.69) is 20.5 Å². The lowest BCUT2D eigenvalue weighted by atomic mass is 10.2. The molecule has 0 aliphatic heterocycles. The molecule has 0 bridgehead atoms. The van der Waals surface area contributed by atoms with Crippen molar-refractivity contribution in [2.75, 3.05) is 5.43 Å². The number of non-ortho nitro benzene ring substituents is 1. The molecule has 1 heterocycles. The van der Waals surface area contributed by atoms with E-state index in [-0.39, 0.29) is 11.4 Å². The van der Waals surface area contributed by atoms with Gasteiger partial charge in [-0.3, -0.25) is 10.1 Å². The monoisotopic (exact) mass is 287 g/mol. The average molecular weight is 287 g/mol. The van der Waals surface area contributed by atoms with Crippen molar-refractivity contribution in [2.24, 2.45) is 5.10 Å². The van der Waals surface area contributed by atoms with Gasteiger partial charge in [0.05, 0.1) is 17.2 Å². The van der Waals surface area contributed by atoms with Crippen LogP contribution in [0.25, 0.3) is 0 Å². The lowest BCUT2D eigenvalue weighted by Gasteiger charge is -2.02. The third-order valence-electron chi connectivity index (χ3n) is 2.58. The van der Waals surface area contributed by atoms with E-state index in [1.807, 2.05) is 19.9 Å². The van der Waals surface area contributed by atoms with E-state index in [1.54, 1.807) is 0 Å². The molecule has 0 unspecified atom stereocenters. The Morgan fingerprint density at radius 3 is 2.52 bits per heavy atom. The molecule has 0 fully saturated rings. The Morgan fingerprint density at radius 1 is 1.29 bits per heavy atom. The molecule has 2 aromatic rings. The number of hydrogen-bond acceptors (Lipinski definition) is 7. The number of nitrogens with one attached hydrogen (secondary N) is 1. The maximum absolute atomic E-state index is 10.6. The van der Waals surface area contributed by atoms with Gasteiger partial charge in [-0.25, -0.2) is 15.4 Å². The highest BCUT2D eigenvalue weighted by atomic mass is 16.6. The van der Waals surface area contributed by atoms with Gasteiger partial charge in [-0.05, 0) is 26.0 Å². The second-order valence-electron chi connectivity index (χ2n) is 4.34. The number of aromatic hydroxyl groups is 1. The molecule has 21 heavy (non-hydrogen) atoms. The summed E-state index contributed by atoms with van der Waals surface area (Å²) in [5, 5.41) is 24.1. The molecule has 0 aliphatic rings. The predicted molar refractivity (Wildman–Crippen MR) is 77.5 cm³/mol. The summed E-state index contributed by atoms with van der Waals surface area (Å²) in [6, 6.07) is 5.58. The molecule has 2 N–H and O–H groups in total. The number of nitro groups is 1. The van der Waals surface area contributed by atoms with Crippen LogP contribution in [0.1, 0.15) is 17.0 Å². The molecule has 0 radical (unpaired) electrons. The standard InChI is InChI=1S/C13H13N5O3/c1-8-5-9(2)16-13(15-8)17-14-7-10-3-4-11(18(20)21)6-12(10)19/h3-7,19H,1-2H3,(H,15,16,17). The molecule has 1 aromatic heterocycles. The smallest absolute Gasteiger partial charge is 0.273 e. The molecule has 0 amide bonds. The molecular formula is C13H13N5O3. The molecule has 0 saturated heterocycles. The van der Waals surface area contributed by atoms with Gasteiger partial charge < -0.3 is 5.11 Å². The minimum atomic E-state index is -0.581. The van der Waals surface area contributed by atoms with Gasteiger partial charge >= 0.3 is 0 Å². The fourth-order valence-corrected chi connectivity index (χ4v) is 1.69. The number of hydrogen-bond donors (Lipinski definition) is 2. The van der Waals surface area contributed by atoms with Crippen molar-refractivity contribution in [1.82, 2.24) is 9.97 Å². The molecule has 8 nitrogen and oxygen atoms in total. The van der Waals surface area contributed by atoms with Crippen molar-refractivity contribution in [3.05, 3.63) is 51.3 Å². The van der Waals surface area contributed by atoms with Gasteiger partial charge in [-0.15, -0.1) is 0 Å². The average Bonchev–Trinajstić information content (AvgIpc) is 2.39. The topological polar surface area (TPSA) is 114 Å². The summed E-state index contributed by atoms with van der Waals surface area (Å²) in [6.07, 6.45) is 1.33. The van der Waals surface area contributed by atoms with Crippen LogP contribution in [0.5, 0.6) is 5.75 Å². The third-order valence-corrected chi connectivity index (χ3v) is 2.58. The van der Waals surface area contributed by atoms with Crippen LogP contribution in [0.3, 0.4) is 0 Å². The van der Waals surface area contributed by atoms with Gasteiger partial charge in [0.1, 0.15) is 5.75 Å². The van der Waals surface area contributed by atoms with Crippen LogP contribution in [0.15, 0.2) is 29.4 Å². The lowest BCUT2D eigenvalue weighted by Crippen LogP contribution is -1.99. The maximum atomic E-state index is 10.6. The molecule has 0 saturated carbocycles. The second-order valence-corrected chi connectivity index (χ2v) is 4.34. The van der Waals surface area contributed by atoms with Gasteiger partial charge in [0.2, 0.25) is 5.95 Å². The normalized spacial score (nSPS) is 10.8. The Balaban J connectivity index is 2.12. The number of phenols is 1. The highest BCUT2D eigenvalue weighted by Gasteiger charge is 2.08. The van der Waals surface area contributed by atoms with E-state index in [4.69, 9.17) is 0 Å². The molecular weight excluding hydrogens is 274 g/mol. The van der Waals surface area contributed by atoms with Gasteiger partial charge in [-0.1, -0.05) is 0 Å². The number of hydrazone groups is 1. The minimum Gasteiger partial charge on any atom is -0.507 e. The van der Waals surface area contributed by atoms with Crippen LogP contribution in [-0.2, 0) is 0 Å². The number of rotatable bonds is 4. The van der Waals surface area contributed by atoms with Crippen molar-refractivity contribution in [3.63, 3.8) is 0 Å². The van der Waals surface area contributed by atoms with E-state index in [0.29, 0.717) is 11.5 Å². The Labute approximate surface area is 120 Å². The highest BCUT2D eigenvalue weighted by Crippen LogP contribution is 2.21. The second kappa shape index (κ2) is 5.95. The first-order valence-electron chi connectivity index (χ1n) is 6.04. The van der Waals surface area contributed by atoms with Crippen molar-refractivity contribution in [2.45, 2.75) is 13.8 Å². The predicted octanol–water partition coefficient (Wildman–Crippen LogP) is 2.15. The quantitative estimate of drug-likeness (QED) is 0.506. The molecule has 2 rings (SSSR count). The number of phenolic OH excluding ortho intramolecular Hbond substituents is 1. The third kappa shape index (κ3) is 3.72. The summed E-state index contributed by atoms with van der Waals surface area (Å²) in [7, 11) is 0. The Kier molecular flexibility index (Phi) is 4.07. The van der Waals surface area contributed by atoms with E-state index in [9.17, 15) is 15.2 Å². The zero-order valence-corrected chi connectivity index (χ0v) is 11.4. The first kappa shape index (κ1) is 14.4. The van der Waals surface area contributed by atoms with Crippen molar-refractivity contribution < 1.29 is 10.0 Å². The number of nitro benzene ring substituents is 1. The Bertz CT molecular complexity index is 695. The van der Waals surface area contributed by atoms with Crippen LogP contribution in [0.4, 0.5) is 11.6 Å². The number of anilines is 1.